The zero-order chi connectivity index (χ0) is 13.2. The fraction of sp³-hybridized carbons (Fsp3) is 0.833. The molecule has 1 aliphatic heterocycles. The van der Waals surface area contributed by atoms with Gasteiger partial charge in [-0.1, -0.05) is 0 Å². The molecule has 98 valence electrons. The van der Waals surface area contributed by atoms with E-state index in [2.05, 4.69) is 5.32 Å². The third kappa shape index (κ3) is 3.19. The van der Waals surface area contributed by atoms with Crippen molar-refractivity contribution in [3.63, 3.8) is 0 Å². The van der Waals surface area contributed by atoms with Gasteiger partial charge in [0.2, 0.25) is 5.91 Å². The largest absolute Gasteiger partial charge is 0.481 e. The maximum absolute atomic E-state index is 12.3. The van der Waals surface area contributed by atoms with Crippen molar-refractivity contribution in [3.05, 3.63) is 0 Å². The molecule has 1 atom stereocenters. The molecule has 5 heteroatoms. The van der Waals surface area contributed by atoms with Crippen LogP contribution in [-0.2, 0) is 9.59 Å². The van der Waals surface area contributed by atoms with Crippen LogP contribution in [0.3, 0.4) is 0 Å². The lowest BCUT2D eigenvalue weighted by molar-refractivity contribution is -0.145. The summed E-state index contributed by atoms with van der Waals surface area (Å²) in [6.45, 7) is 8.64. The molecule has 0 aromatic heterocycles. The molecule has 1 heterocycles. The van der Waals surface area contributed by atoms with Gasteiger partial charge in [0.15, 0.2) is 0 Å². The van der Waals surface area contributed by atoms with Gasteiger partial charge in [0, 0.05) is 11.6 Å². The van der Waals surface area contributed by atoms with Crippen molar-refractivity contribution in [1.82, 2.24) is 10.2 Å². The molecule has 1 aliphatic rings. The number of nitrogens with zero attached hydrogens (tertiary/aromatic N) is 1. The van der Waals surface area contributed by atoms with E-state index in [9.17, 15) is 9.59 Å². The number of carbonyl (C=O) groups excluding carboxylic acids is 1. The normalized spacial score (nSPS) is 24.9. The van der Waals surface area contributed by atoms with Gasteiger partial charge in [-0.15, -0.1) is 0 Å². The third-order valence-electron chi connectivity index (χ3n) is 3.21. The molecule has 0 spiro atoms. The minimum atomic E-state index is -0.945. The molecule has 0 bridgehead atoms. The molecule has 1 saturated heterocycles. The molecule has 1 unspecified atom stereocenters. The number of carboxylic acids is 1. The van der Waals surface area contributed by atoms with Crippen LogP contribution in [0, 0.1) is 0 Å². The van der Waals surface area contributed by atoms with Crippen molar-refractivity contribution >= 4 is 11.9 Å². The number of nitrogens with one attached hydrogen (secondary N) is 1. The Kier molecular flexibility index (Phi) is 4.14. The lowest BCUT2D eigenvalue weighted by Gasteiger charge is -2.41. The number of hydrogen-bond acceptors (Lipinski definition) is 3. The standard InChI is InChI=1S/C12H22N2O3/c1-8(2)14-11(17)9(7-10(15)16)13-6-5-12(14,3)4/h8-9,13H,5-7H2,1-4H3,(H,15,16). The van der Waals surface area contributed by atoms with Crippen LogP contribution < -0.4 is 5.32 Å². The Bertz CT molecular complexity index is 313. The Labute approximate surface area is 102 Å². The third-order valence-corrected chi connectivity index (χ3v) is 3.21. The summed E-state index contributed by atoms with van der Waals surface area (Å²) in [6, 6.07) is -0.523. The van der Waals surface area contributed by atoms with Crippen molar-refractivity contribution in [2.45, 2.75) is 58.2 Å². The lowest BCUT2D eigenvalue weighted by Crippen LogP contribution is -2.54. The first-order valence-corrected chi connectivity index (χ1v) is 6.04. The van der Waals surface area contributed by atoms with Gasteiger partial charge in [-0.05, 0) is 40.7 Å². The van der Waals surface area contributed by atoms with Gasteiger partial charge in [0.1, 0.15) is 0 Å². The van der Waals surface area contributed by atoms with E-state index in [0.717, 1.165) is 6.42 Å². The fourth-order valence-electron chi connectivity index (χ4n) is 2.51. The molecule has 17 heavy (non-hydrogen) atoms. The van der Waals surface area contributed by atoms with Gasteiger partial charge in [-0.2, -0.15) is 0 Å². The highest BCUT2D eigenvalue weighted by atomic mass is 16.4. The molecule has 1 fully saturated rings. The molecular formula is C12H22N2O3. The molecular weight excluding hydrogens is 220 g/mol. The second kappa shape index (κ2) is 5.04. The molecule has 1 amide bonds. The molecule has 0 aromatic carbocycles. The predicted molar refractivity (Wildman–Crippen MR) is 64.7 cm³/mol. The highest BCUT2D eigenvalue weighted by Crippen LogP contribution is 2.25. The van der Waals surface area contributed by atoms with Gasteiger partial charge in [0.05, 0.1) is 12.5 Å². The Morgan fingerprint density at radius 3 is 2.65 bits per heavy atom. The summed E-state index contributed by atoms with van der Waals surface area (Å²) >= 11 is 0. The van der Waals surface area contributed by atoms with Crippen LogP contribution in [0.1, 0.15) is 40.5 Å². The second-order valence-electron chi connectivity index (χ2n) is 5.47. The van der Waals surface area contributed by atoms with Gasteiger partial charge in [0.25, 0.3) is 0 Å². The van der Waals surface area contributed by atoms with Gasteiger partial charge in [-0.3, -0.25) is 9.59 Å². The van der Waals surface area contributed by atoms with E-state index in [0.29, 0.717) is 6.54 Å². The van der Waals surface area contributed by atoms with E-state index < -0.39 is 12.0 Å². The minimum Gasteiger partial charge on any atom is -0.481 e. The zero-order valence-corrected chi connectivity index (χ0v) is 11.0. The molecule has 5 nitrogen and oxygen atoms in total. The van der Waals surface area contributed by atoms with Crippen LogP contribution in [0.25, 0.3) is 0 Å². The van der Waals surface area contributed by atoms with Crippen molar-refractivity contribution in [2.75, 3.05) is 6.54 Å². The number of amides is 1. The van der Waals surface area contributed by atoms with Crippen molar-refractivity contribution in [3.8, 4) is 0 Å². The Morgan fingerprint density at radius 2 is 2.18 bits per heavy atom. The summed E-state index contributed by atoms with van der Waals surface area (Å²) in [6.07, 6.45) is 0.672. The molecule has 0 saturated carbocycles. The first-order valence-electron chi connectivity index (χ1n) is 6.04. The molecule has 1 rings (SSSR count). The van der Waals surface area contributed by atoms with Crippen molar-refractivity contribution < 1.29 is 14.7 Å². The number of carboxylic acid groups (broad SMARTS) is 1. The minimum absolute atomic E-state index is 0.0775. The SMILES string of the molecule is CC(C)N1C(=O)C(CC(=O)O)NCCC1(C)C. The predicted octanol–water partition coefficient (Wildman–Crippen LogP) is 0.839. The molecule has 0 aromatic rings. The number of aliphatic carboxylic acids is 1. The van der Waals surface area contributed by atoms with Crippen LogP contribution >= 0.6 is 0 Å². The van der Waals surface area contributed by atoms with E-state index in [1.165, 1.54) is 0 Å². The zero-order valence-electron chi connectivity index (χ0n) is 11.0. The van der Waals surface area contributed by atoms with Gasteiger partial charge < -0.3 is 15.3 Å². The molecule has 0 aliphatic carbocycles. The Morgan fingerprint density at radius 1 is 1.59 bits per heavy atom. The summed E-state index contributed by atoms with van der Waals surface area (Å²) in [5.74, 6) is -1.05. The topological polar surface area (TPSA) is 69.6 Å². The summed E-state index contributed by atoms with van der Waals surface area (Å²) in [5.41, 5.74) is -0.231. The maximum atomic E-state index is 12.3. The van der Waals surface area contributed by atoms with Crippen LogP contribution in [0.15, 0.2) is 0 Å². The Hall–Kier alpha value is -1.10. The average Bonchev–Trinajstić information content (AvgIpc) is 2.22. The summed E-state index contributed by atoms with van der Waals surface area (Å²) < 4.78 is 0. The van der Waals surface area contributed by atoms with Crippen LogP contribution in [0.4, 0.5) is 0 Å². The quantitative estimate of drug-likeness (QED) is 0.769. The monoisotopic (exact) mass is 242 g/mol. The van der Waals surface area contributed by atoms with E-state index in [1.807, 2.05) is 27.7 Å². The maximum Gasteiger partial charge on any atom is 0.305 e. The van der Waals surface area contributed by atoms with Crippen molar-refractivity contribution in [1.29, 1.82) is 0 Å². The number of rotatable bonds is 3. The van der Waals surface area contributed by atoms with Gasteiger partial charge >= 0.3 is 5.97 Å². The number of hydrogen-bond donors (Lipinski definition) is 2. The van der Waals surface area contributed by atoms with Crippen LogP contribution in [0.2, 0.25) is 0 Å². The lowest BCUT2D eigenvalue weighted by atomic mass is 9.96. The van der Waals surface area contributed by atoms with Crippen LogP contribution in [-0.4, -0.2) is 46.1 Å². The first kappa shape index (κ1) is 14.0. The van der Waals surface area contributed by atoms with E-state index in [4.69, 9.17) is 5.11 Å². The smallest absolute Gasteiger partial charge is 0.305 e. The Balaban J connectivity index is 2.95. The summed E-state index contributed by atoms with van der Waals surface area (Å²) in [5, 5.41) is 11.9. The van der Waals surface area contributed by atoms with Crippen molar-refractivity contribution in [2.24, 2.45) is 0 Å². The fourth-order valence-corrected chi connectivity index (χ4v) is 2.51. The molecule has 0 radical (unpaired) electrons. The molecule has 2 N–H and O–H groups in total. The summed E-state index contributed by atoms with van der Waals surface area (Å²) in [4.78, 5) is 24.9. The summed E-state index contributed by atoms with van der Waals surface area (Å²) in [7, 11) is 0. The van der Waals surface area contributed by atoms with Crippen LogP contribution in [0.5, 0.6) is 0 Å². The highest BCUT2D eigenvalue weighted by Gasteiger charge is 2.39. The van der Waals surface area contributed by atoms with E-state index >= 15 is 0 Å². The van der Waals surface area contributed by atoms with E-state index in [1.54, 1.807) is 4.90 Å². The van der Waals surface area contributed by atoms with E-state index in [-0.39, 0.29) is 23.9 Å². The second-order valence-corrected chi connectivity index (χ2v) is 5.47. The first-order chi connectivity index (χ1) is 7.75. The number of carbonyl (C=O) groups is 2. The average molecular weight is 242 g/mol. The van der Waals surface area contributed by atoms with Gasteiger partial charge in [-0.25, -0.2) is 0 Å². The highest BCUT2D eigenvalue weighted by molar-refractivity contribution is 5.87.